The van der Waals surface area contributed by atoms with E-state index in [2.05, 4.69) is 22.0 Å². The van der Waals surface area contributed by atoms with Crippen molar-refractivity contribution >= 4 is 11.6 Å². The lowest BCUT2D eigenvalue weighted by Crippen LogP contribution is -2.23. The van der Waals surface area contributed by atoms with E-state index < -0.39 is 0 Å². The smallest absolute Gasteiger partial charge is 0.260 e. The maximum atomic E-state index is 12.5. The summed E-state index contributed by atoms with van der Waals surface area (Å²) in [5.74, 6) is 0.0569. The maximum Gasteiger partial charge on any atom is 0.260 e. The lowest BCUT2D eigenvalue weighted by molar-refractivity contribution is 0.0996. The van der Waals surface area contributed by atoms with Gasteiger partial charge in [0.25, 0.3) is 5.91 Å². The molecule has 2 aliphatic heterocycles. The van der Waals surface area contributed by atoms with Gasteiger partial charge in [-0.2, -0.15) is 0 Å². The molecule has 2 aliphatic rings. The lowest BCUT2D eigenvalue weighted by atomic mass is 10.1. The molecule has 1 saturated heterocycles. The van der Waals surface area contributed by atoms with Gasteiger partial charge in [-0.15, -0.1) is 0 Å². The van der Waals surface area contributed by atoms with Gasteiger partial charge in [-0.05, 0) is 55.8 Å². The molecule has 1 aromatic heterocycles. The second-order valence-corrected chi connectivity index (χ2v) is 6.04. The zero-order valence-electron chi connectivity index (χ0n) is 12.5. The fraction of sp³-hybridized carbons (Fsp3) is 0.333. The molecule has 3 heterocycles. The minimum atomic E-state index is 0.0569. The molecule has 0 atom stereocenters. The van der Waals surface area contributed by atoms with Gasteiger partial charge in [-0.3, -0.25) is 14.7 Å². The first-order valence-electron chi connectivity index (χ1n) is 7.88. The molecule has 1 fully saturated rings. The first-order valence-corrected chi connectivity index (χ1v) is 7.88. The summed E-state index contributed by atoms with van der Waals surface area (Å²) >= 11 is 0. The fourth-order valence-electron chi connectivity index (χ4n) is 3.36. The predicted molar refractivity (Wildman–Crippen MR) is 85.7 cm³/mol. The third-order valence-electron chi connectivity index (χ3n) is 4.50. The molecular formula is C18H19N3O. The number of hydrogen-bond donors (Lipinski definition) is 0. The molecular weight excluding hydrogens is 274 g/mol. The normalized spacial score (nSPS) is 18.0. The van der Waals surface area contributed by atoms with Crippen molar-refractivity contribution in [3.05, 3.63) is 59.4 Å². The van der Waals surface area contributed by atoms with Crippen LogP contribution < -0.4 is 4.90 Å². The molecule has 0 unspecified atom stereocenters. The molecule has 2 aromatic rings. The van der Waals surface area contributed by atoms with E-state index in [1.807, 2.05) is 29.2 Å². The number of benzene rings is 1. The quantitative estimate of drug-likeness (QED) is 0.873. The van der Waals surface area contributed by atoms with Crippen LogP contribution in [0.3, 0.4) is 0 Å². The van der Waals surface area contributed by atoms with Gasteiger partial charge >= 0.3 is 0 Å². The van der Waals surface area contributed by atoms with E-state index in [1.165, 1.54) is 31.5 Å². The molecule has 4 rings (SSSR count). The number of anilines is 1. The Balaban J connectivity index is 1.57. The number of aromatic nitrogens is 1. The van der Waals surface area contributed by atoms with E-state index in [0.29, 0.717) is 6.54 Å². The number of hydrogen-bond acceptors (Lipinski definition) is 3. The molecule has 0 spiro atoms. The van der Waals surface area contributed by atoms with Crippen molar-refractivity contribution < 1.29 is 4.79 Å². The van der Waals surface area contributed by atoms with E-state index >= 15 is 0 Å². The maximum absolute atomic E-state index is 12.5. The monoisotopic (exact) mass is 293 g/mol. The Morgan fingerprint density at radius 1 is 1.09 bits per heavy atom. The number of amides is 1. The van der Waals surface area contributed by atoms with Gasteiger partial charge < -0.3 is 4.90 Å². The van der Waals surface area contributed by atoms with Gasteiger partial charge in [0.05, 0.1) is 17.8 Å². The van der Waals surface area contributed by atoms with Gasteiger partial charge in [0.1, 0.15) is 0 Å². The van der Waals surface area contributed by atoms with Crippen LogP contribution in [-0.2, 0) is 13.1 Å². The van der Waals surface area contributed by atoms with Gasteiger partial charge in [0.15, 0.2) is 0 Å². The molecule has 0 saturated carbocycles. The summed E-state index contributed by atoms with van der Waals surface area (Å²) in [7, 11) is 0. The second-order valence-electron chi connectivity index (χ2n) is 6.04. The van der Waals surface area contributed by atoms with Crippen LogP contribution in [-0.4, -0.2) is 28.9 Å². The van der Waals surface area contributed by atoms with Crippen LogP contribution in [0.5, 0.6) is 0 Å². The first kappa shape index (κ1) is 13.5. The first-order chi connectivity index (χ1) is 10.8. The van der Waals surface area contributed by atoms with E-state index in [0.717, 1.165) is 23.5 Å². The third-order valence-corrected chi connectivity index (χ3v) is 4.50. The van der Waals surface area contributed by atoms with Crippen LogP contribution >= 0.6 is 0 Å². The van der Waals surface area contributed by atoms with Gasteiger partial charge in [-0.1, -0.05) is 12.1 Å². The Morgan fingerprint density at radius 3 is 2.77 bits per heavy atom. The Bertz CT molecular complexity index is 707. The van der Waals surface area contributed by atoms with Crippen molar-refractivity contribution in [2.24, 2.45) is 0 Å². The second kappa shape index (κ2) is 5.54. The summed E-state index contributed by atoms with van der Waals surface area (Å²) in [6.07, 6.45) is 4.34. The van der Waals surface area contributed by atoms with Crippen LogP contribution in [0.1, 0.15) is 34.5 Å². The number of pyridine rings is 1. The topological polar surface area (TPSA) is 36.4 Å². The van der Waals surface area contributed by atoms with Crippen molar-refractivity contribution in [3.8, 4) is 0 Å². The van der Waals surface area contributed by atoms with Crippen molar-refractivity contribution in [2.45, 2.75) is 25.9 Å². The van der Waals surface area contributed by atoms with E-state index in [9.17, 15) is 4.79 Å². The molecule has 4 heteroatoms. The Labute approximate surface area is 130 Å². The summed E-state index contributed by atoms with van der Waals surface area (Å²) in [6.45, 7) is 3.91. The fourth-order valence-corrected chi connectivity index (χ4v) is 3.36. The standard InChI is InChI=1S/C18H19N3O/c22-18-16-7-4-8-19-17(16)13-21(18)15-6-3-5-14(11-15)12-20-9-1-2-10-20/h3-8,11H,1-2,9-10,12-13H2. The van der Waals surface area contributed by atoms with E-state index in [4.69, 9.17) is 0 Å². The molecule has 22 heavy (non-hydrogen) atoms. The van der Waals surface area contributed by atoms with Crippen LogP contribution in [0.4, 0.5) is 5.69 Å². The highest BCUT2D eigenvalue weighted by Gasteiger charge is 2.29. The zero-order chi connectivity index (χ0) is 14.9. The lowest BCUT2D eigenvalue weighted by Gasteiger charge is -2.19. The summed E-state index contributed by atoms with van der Waals surface area (Å²) in [5.41, 5.74) is 3.85. The van der Waals surface area contributed by atoms with Gasteiger partial charge in [0, 0.05) is 18.4 Å². The number of nitrogens with zero attached hydrogens (tertiary/aromatic N) is 3. The highest BCUT2D eigenvalue weighted by molar-refractivity contribution is 6.09. The minimum Gasteiger partial charge on any atom is -0.302 e. The van der Waals surface area contributed by atoms with Crippen LogP contribution in [0.25, 0.3) is 0 Å². The van der Waals surface area contributed by atoms with Crippen molar-refractivity contribution in [3.63, 3.8) is 0 Å². The number of likely N-dealkylation sites (tertiary alicyclic amines) is 1. The third kappa shape index (κ3) is 2.40. The van der Waals surface area contributed by atoms with Crippen molar-refractivity contribution in [2.75, 3.05) is 18.0 Å². The average Bonchev–Trinajstić information content (AvgIpc) is 3.16. The minimum absolute atomic E-state index is 0.0569. The van der Waals surface area contributed by atoms with Crippen molar-refractivity contribution in [1.82, 2.24) is 9.88 Å². The highest BCUT2D eigenvalue weighted by Crippen LogP contribution is 2.28. The molecule has 0 N–H and O–H groups in total. The molecule has 112 valence electrons. The average molecular weight is 293 g/mol. The van der Waals surface area contributed by atoms with E-state index in [1.54, 1.807) is 6.20 Å². The summed E-state index contributed by atoms with van der Waals surface area (Å²) < 4.78 is 0. The number of carbonyl (C=O) groups is 1. The van der Waals surface area contributed by atoms with E-state index in [-0.39, 0.29) is 5.91 Å². The Hall–Kier alpha value is -2.20. The van der Waals surface area contributed by atoms with Crippen LogP contribution in [0, 0.1) is 0 Å². The summed E-state index contributed by atoms with van der Waals surface area (Å²) in [5, 5.41) is 0. The number of rotatable bonds is 3. The summed E-state index contributed by atoms with van der Waals surface area (Å²) in [4.78, 5) is 21.1. The highest BCUT2D eigenvalue weighted by atomic mass is 16.2. The molecule has 4 nitrogen and oxygen atoms in total. The molecule has 0 bridgehead atoms. The number of fused-ring (bicyclic) bond motifs is 1. The molecule has 1 aromatic carbocycles. The molecule has 1 amide bonds. The number of carbonyl (C=O) groups excluding carboxylic acids is 1. The Kier molecular flexibility index (Phi) is 3.39. The Morgan fingerprint density at radius 2 is 1.95 bits per heavy atom. The SMILES string of the molecule is O=C1c2cccnc2CN1c1cccc(CN2CCCC2)c1. The van der Waals surface area contributed by atoms with Gasteiger partial charge in [0.2, 0.25) is 0 Å². The molecule has 0 radical (unpaired) electrons. The summed E-state index contributed by atoms with van der Waals surface area (Å²) in [6, 6.07) is 12.0. The van der Waals surface area contributed by atoms with Gasteiger partial charge in [-0.25, -0.2) is 0 Å². The van der Waals surface area contributed by atoms with Crippen molar-refractivity contribution in [1.29, 1.82) is 0 Å². The molecule has 0 aliphatic carbocycles. The van der Waals surface area contributed by atoms with Crippen LogP contribution in [0.15, 0.2) is 42.6 Å². The zero-order valence-corrected chi connectivity index (χ0v) is 12.5. The van der Waals surface area contributed by atoms with Crippen LogP contribution in [0.2, 0.25) is 0 Å². The predicted octanol–water partition coefficient (Wildman–Crippen LogP) is 2.84. The largest absolute Gasteiger partial charge is 0.302 e.